The average Bonchev–Trinajstić information content (AvgIpc) is 3.25. The fraction of sp³-hybridized carbons (Fsp3) is 0.500. The van der Waals surface area contributed by atoms with Crippen molar-refractivity contribution >= 4 is 17.3 Å². The molecule has 0 spiro atoms. The second-order valence-electron chi connectivity index (χ2n) is 7.62. The van der Waals surface area contributed by atoms with Crippen molar-refractivity contribution in [1.82, 2.24) is 24.4 Å². The normalized spacial score (nSPS) is 18.6. The molecule has 0 radical (unpaired) electrons. The summed E-state index contributed by atoms with van der Waals surface area (Å²) >= 11 is 0. The third-order valence-electron chi connectivity index (χ3n) is 5.74. The lowest BCUT2D eigenvalue weighted by Gasteiger charge is -2.34. The molecule has 9 nitrogen and oxygen atoms in total. The number of nitrogens with two attached hydrogens (primary N) is 1. The summed E-state index contributed by atoms with van der Waals surface area (Å²) in [5, 5.41) is 31.0. The van der Waals surface area contributed by atoms with Crippen molar-refractivity contribution in [1.29, 1.82) is 5.26 Å². The fourth-order valence-electron chi connectivity index (χ4n) is 3.96. The van der Waals surface area contributed by atoms with Crippen LogP contribution in [0.15, 0.2) is 12.3 Å². The van der Waals surface area contributed by atoms with Gasteiger partial charge in [0.2, 0.25) is 0 Å². The predicted molar refractivity (Wildman–Crippen MR) is 109 cm³/mol. The van der Waals surface area contributed by atoms with E-state index in [1.807, 2.05) is 30.8 Å². The second-order valence-corrected chi connectivity index (χ2v) is 7.62. The third kappa shape index (κ3) is 3.40. The molecule has 152 valence electrons. The van der Waals surface area contributed by atoms with Crippen LogP contribution in [0.1, 0.15) is 48.3 Å². The Morgan fingerprint density at radius 2 is 2.17 bits per heavy atom. The highest BCUT2D eigenvalue weighted by Gasteiger charge is 2.30. The Balaban J connectivity index is 1.47. The van der Waals surface area contributed by atoms with E-state index in [-0.39, 0.29) is 6.61 Å². The molecule has 3 aromatic heterocycles. The van der Waals surface area contributed by atoms with Crippen molar-refractivity contribution in [2.75, 3.05) is 24.2 Å². The van der Waals surface area contributed by atoms with E-state index in [2.05, 4.69) is 26.6 Å². The predicted octanol–water partition coefficient (Wildman–Crippen LogP) is 1.85. The van der Waals surface area contributed by atoms with Crippen LogP contribution in [0.3, 0.4) is 0 Å². The molecule has 0 aliphatic heterocycles. The number of hydrogen-bond acceptors (Lipinski definition) is 7. The number of rotatable bonds is 7. The summed E-state index contributed by atoms with van der Waals surface area (Å²) < 4.78 is 3.55. The highest BCUT2D eigenvalue weighted by Crippen LogP contribution is 2.36. The number of anilines is 2. The maximum absolute atomic E-state index is 9.56. The van der Waals surface area contributed by atoms with Gasteiger partial charge < -0.3 is 16.2 Å². The fourth-order valence-corrected chi connectivity index (χ4v) is 3.96. The summed E-state index contributed by atoms with van der Waals surface area (Å²) in [5.74, 6) is 1.19. The second kappa shape index (κ2) is 7.72. The van der Waals surface area contributed by atoms with Gasteiger partial charge in [0.1, 0.15) is 23.3 Å². The van der Waals surface area contributed by atoms with Gasteiger partial charge >= 0.3 is 0 Å². The molecule has 1 saturated carbocycles. The Hall–Kier alpha value is -3.12. The number of aromatic nitrogens is 5. The molecule has 4 rings (SSSR count). The van der Waals surface area contributed by atoms with Gasteiger partial charge in [-0.1, -0.05) is 6.92 Å². The van der Waals surface area contributed by atoms with Crippen molar-refractivity contribution < 1.29 is 5.11 Å². The van der Waals surface area contributed by atoms with E-state index >= 15 is 0 Å². The number of nitrogens with one attached hydrogen (secondary N) is 1. The third-order valence-corrected chi connectivity index (χ3v) is 5.74. The minimum absolute atomic E-state index is 0.257. The molecular weight excluding hydrogens is 368 g/mol. The van der Waals surface area contributed by atoms with Gasteiger partial charge in [0, 0.05) is 31.3 Å². The van der Waals surface area contributed by atoms with Crippen LogP contribution in [0.5, 0.6) is 0 Å². The van der Waals surface area contributed by atoms with E-state index in [4.69, 9.17) is 10.8 Å². The van der Waals surface area contributed by atoms with Crippen molar-refractivity contribution in [3.63, 3.8) is 0 Å². The Labute approximate surface area is 169 Å². The van der Waals surface area contributed by atoms with Crippen molar-refractivity contribution in [2.45, 2.75) is 45.6 Å². The van der Waals surface area contributed by atoms with Crippen LogP contribution in [0.4, 0.5) is 11.6 Å². The number of fused-ring (bicyclic) bond motifs is 1. The Morgan fingerprint density at radius 3 is 2.86 bits per heavy atom. The van der Waals surface area contributed by atoms with Gasteiger partial charge in [-0.25, -0.2) is 4.98 Å². The summed E-state index contributed by atoms with van der Waals surface area (Å²) in [5.41, 5.74) is 10.1. The molecule has 29 heavy (non-hydrogen) atoms. The Morgan fingerprint density at radius 1 is 1.38 bits per heavy atom. The summed E-state index contributed by atoms with van der Waals surface area (Å²) in [6.45, 7) is 4.82. The van der Waals surface area contributed by atoms with E-state index < -0.39 is 0 Å². The van der Waals surface area contributed by atoms with Gasteiger partial charge in [0.15, 0.2) is 5.65 Å². The van der Waals surface area contributed by atoms with Crippen LogP contribution in [0.2, 0.25) is 0 Å². The molecule has 9 heteroatoms. The van der Waals surface area contributed by atoms with Crippen molar-refractivity contribution in [3.8, 4) is 6.07 Å². The minimum Gasteiger partial charge on any atom is -0.396 e. The number of nitrogens with zero attached hydrogens (tertiary/aromatic N) is 6. The molecule has 0 bridgehead atoms. The van der Waals surface area contributed by atoms with Crippen molar-refractivity contribution in [3.05, 3.63) is 34.8 Å². The lowest BCUT2D eigenvalue weighted by Crippen LogP contribution is -2.29. The highest BCUT2D eigenvalue weighted by molar-refractivity contribution is 5.69. The SMILES string of the molecule is CCc1c(C)nn2c(N)c(C#N)c(NCCc3ccn(C4CC(CO)C4)n3)nc12. The molecule has 0 unspecified atom stereocenters. The number of aliphatic hydroxyl groups excluding tert-OH is 1. The Kier molecular flexibility index (Phi) is 5.11. The maximum atomic E-state index is 9.56. The molecule has 3 heterocycles. The molecule has 1 aliphatic rings. The van der Waals surface area contributed by atoms with E-state index in [0.717, 1.165) is 36.2 Å². The molecule has 0 amide bonds. The number of aryl methyl sites for hydroxylation is 2. The van der Waals surface area contributed by atoms with Crippen LogP contribution in [-0.2, 0) is 12.8 Å². The molecule has 0 atom stereocenters. The lowest BCUT2D eigenvalue weighted by molar-refractivity contribution is 0.105. The van der Waals surface area contributed by atoms with Crippen molar-refractivity contribution in [2.24, 2.45) is 5.92 Å². The smallest absolute Gasteiger partial charge is 0.163 e. The molecule has 0 aromatic carbocycles. The zero-order chi connectivity index (χ0) is 20.5. The number of nitrogen functional groups attached to an aromatic ring is 1. The number of nitriles is 1. The van der Waals surface area contributed by atoms with Gasteiger partial charge in [-0.15, -0.1) is 0 Å². The zero-order valence-corrected chi connectivity index (χ0v) is 16.8. The van der Waals surface area contributed by atoms with Crippen LogP contribution < -0.4 is 11.1 Å². The zero-order valence-electron chi connectivity index (χ0n) is 16.8. The first-order valence-electron chi connectivity index (χ1n) is 10.0. The summed E-state index contributed by atoms with van der Waals surface area (Å²) in [6.07, 6.45) is 5.46. The highest BCUT2D eigenvalue weighted by atomic mass is 16.3. The molecule has 1 fully saturated rings. The molecular formula is C20H26N8O. The van der Waals surface area contributed by atoms with E-state index in [1.54, 1.807) is 4.52 Å². The first kappa shape index (κ1) is 19.2. The molecule has 3 aromatic rings. The Bertz CT molecular complexity index is 1070. The summed E-state index contributed by atoms with van der Waals surface area (Å²) in [6, 6.07) is 4.55. The first-order valence-corrected chi connectivity index (χ1v) is 10.0. The first-order chi connectivity index (χ1) is 14.0. The molecule has 4 N–H and O–H groups in total. The van der Waals surface area contributed by atoms with Crippen LogP contribution in [-0.4, -0.2) is 42.6 Å². The minimum atomic E-state index is 0.257. The average molecular weight is 394 g/mol. The van der Waals surface area contributed by atoms with Gasteiger partial charge in [-0.05, 0) is 38.2 Å². The largest absolute Gasteiger partial charge is 0.396 e. The maximum Gasteiger partial charge on any atom is 0.163 e. The quantitative estimate of drug-likeness (QED) is 0.557. The molecule has 0 saturated heterocycles. The van der Waals surface area contributed by atoms with Crippen LogP contribution >= 0.6 is 0 Å². The topological polar surface area (TPSA) is 130 Å². The molecule has 1 aliphatic carbocycles. The monoisotopic (exact) mass is 394 g/mol. The number of aliphatic hydroxyl groups is 1. The van der Waals surface area contributed by atoms with E-state index in [9.17, 15) is 5.26 Å². The van der Waals surface area contributed by atoms with E-state index in [0.29, 0.717) is 47.8 Å². The van der Waals surface area contributed by atoms with Gasteiger partial charge in [0.05, 0.1) is 17.4 Å². The van der Waals surface area contributed by atoms with Gasteiger partial charge in [0.25, 0.3) is 0 Å². The lowest BCUT2D eigenvalue weighted by atomic mass is 9.81. The summed E-state index contributed by atoms with van der Waals surface area (Å²) in [7, 11) is 0. The van der Waals surface area contributed by atoms with Gasteiger partial charge in [-0.3, -0.25) is 4.68 Å². The van der Waals surface area contributed by atoms with E-state index in [1.165, 1.54) is 0 Å². The number of hydrogen-bond donors (Lipinski definition) is 3. The van der Waals surface area contributed by atoms with Crippen LogP contribution in [0.25, 0.3) is 5.65 Å². The van der Waals surface area contributed by atoms with Gasteiger partial charge in [-0.2, -0.15) is 20.0 Å². The van der Waals surface area contributed by atoms with Crippen LogP contribution in [0, 0.1) is 24.2 Å². The standard InChI is InChI=1S/C20H26N8O/c1-3-16-12(2)25-28-18(22)17(10-21)19(24-20(16)28)23-6-4-14-5-7-27(26-14)15-8-13(9-15)11-29/h5,7,13,15,29H,3-4,6,8-9,11,22H2,1-2H3,(H,23,24). The summed E-state index contributed by atoms with van der Waals surface area (Å²) in [4.78, 5) is 4.64.